The van der Waals surface area contributed by atoms with Crippen LogP contribution < -0.4 is 20.3 Å². The number of benzene rings is 2. The molecule has 0 atom stereocenters. The highest BCUT2D eigenvalue weighted by Crippen LogP contribution is 2.34. The lowest BCUT2D eigenvalue weighted by Gasteiger charge is -2.09. The summed E-state index contributed by atoms with van der Waals surface area (Å²) in [4.78, 5) is 15.3. The SMILES string of the molecule is Cc1cc(C)c2cc(CNc3ccc4c(c3)OCO4)c(=O)[nH]c2c1. The molecule has 0 unspecified atom stereocenters. The molecular weight excluding hydrogens is 304 g/mol. The first-order valence-electron chi connectivity index (χ1n) is 7.87. The van der Waals surface area contributed by atoms with E-state index in [1.165, 1.54) is 0 Å². The van der Waals surface area contributed by atoms with Crippen molar-refractivity contribution in [2.45, 2.75) is 20.4 Å². The smallest absolute Gasteiger partial charge is 0.253 e. The van der Waals surface area contributed by atoms with Gasteiger partial charge in [0, 0.05) is 34.8 Å². The van der Waals surface area contributed by atoms with Crippen LogP contribution in [0.1, 0.15) is 16.7 Å². The predicted octanol–water partition coefficient (Wildman–Crippen LogP) is 3.49. The van der Waals surface area contributed by atoms with Crippen LogP contribution >= 0.6 is 0 Å². The summed E-state index contributed by atoms with van der Waals surface area (Å²) in [5, 5.41) is 4.34. The molecule has 0 bridgehead atoms. The third-order valence-corrected chi connectivity index (χ3v) is 4.25. The van der Waals surface area contributed by atoms with E-state index in [0.717, 1.165) is 39.2 Å². The van der Waals surface area contributed by atoms with Crippen LogP contribution in [0.25, 0.3) is 10.9 Å². The fourth-order valence-corrected chi connectivity index (χ4v) is 3.05. The van der Waals surface area contributed by atoms with Gasteiger partial charge in [-0.2, -0.15) is 0 Å². The first-order valence-corrected chi connectivity index (χ1v) is 7.87. The fourth-order valence-electron chi connectivity index (χ4n) is 3.05. The Labute approximate surface area is 139 Å². The number of anilines is 1. The van der Waals surface area contributed by atoms with Gasteiger partial charge in [-0.25, -0.2) is 0 Å². The number of rotatable bonds is 3. The fraction of sp³-hybridized carbons (Fsp3) is 0.211. The molecule has 3 aromatic rings. The lowest BCUT2D eigenvalue weighted by atomic mass is 10.0. The summed E-state index contributed by atoms with van der Waals surface area (Å²) in [6, 6.07) is 11.7. The second-order valence-corrected chi connectivity index (χ2v) is 6.09. The van der Waals surface area contributed by atoms with E-state index in [0.29, 0.717) is 12.1 Å². The summed E-state index contributed by atoms with van der Waals surface area (Å²) < 4.78 is 10.7. The molecule has 122 valence electrons. The minimum absolute atomic E-state index is 0.0688. The Hall–Kier alpha value is -2.95. The van der Waals surface area contributed by atoms with Crippen molar-refractivity contribution in [2.24, 2.45) is 0 Å². The number of aromatic nitrogens is 1. The summed E-state index contributed by atoms with van der Waals surface area (Å²) in [5.74, 6) is 1.47. The molecule has 1 aromatic heterocycles. The maximum atomic E-state index is 12.3. The quantitative estimate of drug-likeness (QED) is 0.775. The highest BCUT2D eigenvalue weighted by Gasteiger charge is 2.13. The third-order valence-electron chi connectivity index (χ3n) is 4.25. The molecular formula is C19H18N2O3. The lowest BCUT2D eigenvalue weighted by molar-refractivity contribution is 0.174. The van der Waals surface area contributed by atoms with E-state index in [4.69, 9.17) is 9.47 Å². The van der Waals surface area contributed by atoms with Gasteiger partial charge in [0.15, 0.2) is 11.5 Å². The van der Waals surface area contributed by atoms with E-state index in [9.17, 15) is 4.79 Å². The van der Waals surface area contributed by atoms with Gasteiger partial charge in [-0.05, 0) is 49.2 Å². The number of nitrogens with one attached hydrogen (secondary N) is 2. The zero-order valence-corrected chi connectivity index (χ0v) is 13.6. The molecule has 0 radical (unpaired) electrons. The number of aryl methyl sites for hydroxylation is 2. The largest absolute Gasteiger partial charge is 0.454 e. The zero-order chi connectivity index (χ0) is 16.7. The topological polar surface area (TPSA) is 63.4 Å². The van der Waals surface area contributed by atoms with Gasteiger partial charge < -0.3 is 19.8 Å². The van der Waals surface area contributed by atoms with E-state index >= 15 is 0 Å². The van der Waals surface area contributed by atoms with Crippen LogP contribution in [-0.2, 0) is 6.54 Å². The Morgan fingerprint density at radius 2 is 1.92 bits per heavy atom. The normalized spacial score (nSPS) is 12.6. The molecule has 0 spiro atoms. The van der Waals surface area contributed by atoms with Crippen molar-refractivity contribution in [3.05, 3.63) is 63.4 Å². The molecule has 24 heavy (non-hydrogen) atoms. The van der Waals surface area contributed by atoms with E-state index in [1.807, 2.05) is 37.3 Å². The van der Waals surface area contributed by atoms with Crippen LogP contribution in [0.5, 0.6) is 11.5 Å². The minimum atomic E-state index is -0.0688. The van der Waals surface area contributed by atoms with Crippen molar-refractivity contribution in [1.29, 1.82) is 0 Å². The summed E-state index contributed by atoms with van der Waals surface area (Å²) in [5.41, 5.74) is 4.70. The molecule has 0 amide bonds. The molecule has 4 rings (SSSR count). The summed E-state index contributed by atoms with van der Waals surface area (Å²) >= 11 is 0. The van der Waals surface area contributed by atoms with Gasteiger partial charge in [0.1, 0.15) is 0 Å². The van der Waals surface area contributed by atoms with Gasteiger partial charge in [0.05, 0.1) is 0 Å². The molecule has 2 aromatic carbocycles. The van der Waals surface area contributed by atoms with Crippen molar-refractivity contribution in [2.75, 3.05) is 12.1 Å². The number of hydrogen-bond donors (Lipinski definition) is 2. The number of pyridine rings is 1. The van der Waals surface area contributed by atoms with Crippen molar-refractivity contribution >= 4 is 16.6 Å². The molecule has 0 aliphatic carbocycles. The Morgan fingerprint density at radius 1 is 1.08 bits per heavy atom. The number of hydrogen-bond acceptors (Lipinski definition) is 4. The maximum Gasteiger partial charge on any atom is 0.253 e. The van der Waals surface area contributed by atoms with Crippen LogP contribution in [0, 0.1) is 13.8 Å². The molecule has 1 aliphatic rings. The van der Waals surface area contributed by atoms with E-state index in [-0.39, 0.29) is 12.4 Å². The number of H-pyrrole nitrogens is 1. The van der Waals surface area contributed by atoms with Gasteiger partial charge in [-0.3, -0.25) is 4.79 Å². The van der Waals surface area contributed by atoms with Crippen LogP contribution in [-0.4, -0.2) is 11.8 Å². The lowest BCUT2D eigenvalue weighted by Crippen LogP contribution is -2.16. The Morgan fingerprint density at radius 3 is 2.79 bits per heavy atom. The highest BCUT2D eigenvalue weighted by atomic mass is 16.7. The second-order valence-electron chi connectivity index (χ2n) is 6.09. The maximum absolute atomic E-state index is 12.3. The molecule has 0 saturated carbocycles. The Balaban J connectivity index is 1.62. The number of ether oxygens (including phenoxy) is 2. The monoisotopic (exact) mass is 322 g/mol. The molecule has 0 saturated heterocycles. The predicted molar refractivity (Wildman–Crippen MR) is 93.9 cm³/mol. The van der Waals surface area contributed by atoms with Gasteiger partial charge in [0.2, 0.25) is 6.79 Å². The Bertz CT molecular complexity index is 992. The van der Waals surface area contributed by atoms with Crippen molar-refractivity contribution in [3.63, 3.8) is 0 Å². The average Bonchev–Trinajstić information content (AvgIpc) is 3.00. The molecule has 1 aliphatic heterocycles. The number of fused-ring (bicyclic) bond motifs is 2. The van der Waals surface area contributed by atoms with E-state index in [2.05, 4.69) is 23.3 Å². The minimum Gasteiger partial charge on any atom is -0.454 e. The first kappa shape index (κ1) is 14.6. The van der Waals surface area contributed by atoms with Crippen LogP contribution in [0.2, 0.25) is 0 Å². The molecule has 2 heterocycles. The Kier molecular flexibility index (Phi) is 3.41. The molecule has 5 nitrogen and oxygen atoms in total. The highest BCUT2D eigenvalue weighted by molar-refractivity contribution is 5.83. The number of aromatic amines is 1. The average molecular weight is 322 g/mol. The van der Waals surface area contributed by atoms with Gasteiger partial charge in [0.25, 0.3) is 5.56 Å². The van der Waals surface area contributed by atoms with Crippen LogP contribution in [0.15, 0.2) is 41.2 Å². The zero-order valence-electron chi connectivity index (χ0n) is 13.6. The summed E-state index contributed by atoms with van der Waals surface area (Å²) in [6.45, 7) is 4.78. The van der Waals surface area contributed by atoms with Crippen LogP contribution in [0.3, 0.4) is 0 Å². The first-order chi connectivity index (χ1) is 11.6. The van der Waals surface area contributed by atoms with E-state index in [1.54, 1.807) is 0 Å². The standard InChI is InChI=1S/C19H18N2O3/c1-11-5-12(2)15-7-13(19(22)21-16(15)6-11)9-20-14-3-4-17-18(8-14)24-10-23-17/h3-8,20H,9-10H2,1-2H3,(H,21,22). The second kappa shape index (κ2) is 5.60. The van der Waals surface area contributed by atoms with Gasteiger partial charge in [-0.1, -0.05) is 6.07 Å². The summed E-state index contributed by atoms with van der Waals surface area (Å²) in [6.07, 6.45) is 0. The molecule has 0 fully saturated rings. The van der Waals surface area contributed by atoms with Crippen molar-refractivity contribution in [1.82, 2.24) is 4.98 Å². The van der Waals surface area contributed by atoms with E-state index < -0.39 is 0 Å². The van der Waals surface area contributed by atoms with Gasteiger partial charge >= 0.3 is 0 Å². The van der Waals surface area contributed by atoms with Crippen molar-refractivity contribution in [3.8, 4) is 11.5 Å². The molecule has 2 N–H and O–H groups in total. The third kappa shape index (κ3) is 2.58. The van der Waals surface area contributed by atoms with Crippen molar-refractivity contribution < 1.29 is 9.47 Å². The van der Waals surface area contributed by atoms with Crippen LogP contribution in [0.4, 0.5) is 5.69 Å². The molecule has 5 heteroatoms. The summed E-state index contributed by atoms with van der Waals surface area (Å²) in [7, 11) is 0. The van der Waals surface area contributed by atoms with Gasteiger partial charge in [-0.15, -0.1) is 0 Å².